The Bertz CT molecular complexity index is 582. The third kappa shape index (κ3) is 9.08. The van der Waals surface area contributed by atoms with Crippen LogP contribution in [0.25, 0.3) is 0 Å². The lowest BCUT2D eigenvalue weighted by Gasteiger charge is -2.23. The summed E-state index contributed by atoms with van der Waals surface area (Å²) >= 11 is 0. The van der Waals surface area contributed by atoms with Gasteiger partial charge in [-0.2, -0.15) is 0 Å². The van der Waals surface area contributed by atoms with Crippen LogP contribution < -0.4 is 13.9 Å². The molecule has 0 fully saturated rings. The monoisotopic (exact) mass is 401 g/mol. The van der Waals surface area contributed by atoms with E-state index in [1.54, 1.807) is 0 Å². The van der Waals surface area contributed by atoms with Gasteiger partial charge in [-0.15, -0.1) is 0 Å². The van der Waals surface area contributed by atoms with E-state index in [9.17, 15) is 4.89 Å². The first-order valence-corrected chi connectivity index (χ1v) is 11.8. The van der Waals surface area contributed by atoms with Crippen molar-refractivity contribution < 1.29 is 13.9 Å². The zero-order valence-corrected chi connectivity index (χ0v) is 18.3. The Labute approximate surface area is 172 Å². The minimum absolute atomic E-state index is 0.575. The van der Waals surface area contributed by atoms with Crippen molar-refractivity contribution in [3.63, 3.8) is 0 Å². The van der Waals surface area contributed by atoms with Crippen LogP contribution in [0.1, 0.15) is 76.3 Å². The average Bonchev–Trinajstić information content (AvgIpc) is 2.71. The number of aryl methyl sites for hydroxylation is 2. The zero-order valence-electron chi connectivity index (χ0n) is 17.4. The van der Waals surface area contributed by atoms with Crippen molar-refractivity contribution in [2.45, 2.75) is 78.1 Å². The quantitative estimate of drug-likeness (QED) is 0.253. The van der Waals surface area contributed by atoms with Crippen molar-refractivity contribution in [1.29, 1.82) is 0 Å². The topological polar surface area (TPSA) is 41.5 Å². The number of hydrogen-bond donors (Lipinski definition) is 0. The molecular weight excluding hydrogens is 367 g/mol. The van der Waals surface area contributed by atoms with Crippen LogP contribution in [0.3, 0.4) is 0 Å². The third-order valence-corrected chi connectivity index (χ3v) is 5.56. The van der Waals surface area contributed by atoms with Gasteiger partial charge in [0.2, 0.25) is 8.60 Å². The van der Waals surface area contributed by atoms with Gasteiger partial charge >= 0.3 is 0 Å². The molecule has 154 valence electrons. The number of unbranched alkanes of at least 4 members (excludes halogenated alkanes) is 6. The highest BCUT2D eigenvalue weighted by Gasteiger charge is 2.03. The van der Waals surface area contributed by atoms with E-state index < -0.39 is 8.60 Å². The van der Waals surface area contributed by atoms with E-state index in [4.69, 9.17) is 9.05 Å². The normalized spacial score (nSPS) is 11.0. The van der Waals surface area contributed by atoms with E-state index in [-0.39, 0.29) is 0 Å². The predicted molar refractivity (Wildman–Crippen MR) is 117 cm³/mol. The second kappa shape index (κ2) is 13.6. The van der Waals surface area contributed by atoms with Crippen LogP contribution in [0.5, 0.6) is 11.5 Å². The van der Waals surface area contributed by atoms with E-state index in [1.165, 1.54) is 62.5 Å². The smallest absolute Gasteiger partial charge is 0.210 e. The summed E-state index contributed by atoms with van der Waals surface area (Å²) in [5, 5.41) is 0. The van der Waals surface area contributed by atoms with Gasteiger partial charge in [-0.1, -0.05) is 76.6 Å². The lowest BCUT2D eigenvalue weighted by Crippen LogP contribution is -2.07. The molecule has 0 amide bonds. The van der Waals surface area contributed by atoms with Crippen LogP contribution >= 0.6 is 8.60 Å². The minimum atomic E-state index is -2.23. The maximum atomic E-state index is 12.1. The van der Waals surface area contributed by atoms with E-state index in [0.717, 1.165) is 12.8 Å². The molecule has 0 heterocycles. The summed E-state index contributed by atoms with van der Waals surface area (Å²) in [6.07, 6.45) is 12.2. The Morgan fingerprint density at radius 1 is 0.607 bits per heavy atom. The molecular formula is C24H34O3P-. The first-order chi connectivity index (χ1) is 13.7. The molecule has 0 atom stereocenters. The lowest BCUT2D eigenvalue weighted by atomic mass is 10.1. The van der Waals surface area contributed by atoms with Crippen LogP contribution in [0.2, 0.25) is 0 Å². The molecule has 0 saturated carbocycles. The first kappa shape index (κ1) is 22.7. The van der Waals surface area contributed by atoms with Crippen molar-refractivity contribution in [1.82, 2.24) is 0 Å². The second-order valence-corrected chi connectivity index (χ2v) is 8.13. The van der Waals surface area contributed by atoms with Crippen molar-refractivity contribution in [3.8, 4) is 11.5 Å². The van der Waals surface area contributed by atoms with E-state index in [1.807, 2.05) is 48.5 Å². The summed E-state index contributed by atoms with van der Waals surface area (Å²) in [6, 6.07) is 15.6. The maximum absolute atomic E-state index is 12.1. The molecule has 2 aromatic carbocycles. The molecule has 0 unspecified atom stereocenters. The molecule has 0 radical (unpaired) electrons. The molecule has 0 aromatic heterocycles. The summed E-state index contributed by atoms with van der Waals surface area (Å²) < 4.78 is 10.9. The molecule has 0 aliphatic heterocycles. The Balaban J connectivity index is 1.73. The summed E-state index contributed by atoms with van der Waals surface area (Å²) in [5.74, 6) is 1.15. The average molecular weight is 402 g/mol. The van der Waals surface area contributed by atoms with Gasteiger partial charge in [-0.3, -0.25) is 0 Å². The van der Waals surface area contributed by atoms with Gasteiger partial charge in [-0.05, 0) is 61.1 Å². The lowest BCUT2D eigenvalue weighted by molar-refractivity contribution is -0.189. The predicted octanol–water partition coefficient (Wildman–Crippen LogP) is 6.98. The molecule has 0 saturated heterocycles. The fraction of sp³-hybridized carbons (Fsp3) is 0.500. The third-order valence-electron chi connectivity index (χ3n) is 4.84. The highest BCUT2D eigenvalue weighted by atomic mass is 31.2. The summed E-state index contributed by atoms with van der Waals surface area (Å²) in [4.78, 5) is 12.1. The van der Waals surface area contributed by atoms with Crippen molar-refractivity contribution in [2.75, 3.05) is 0 Å². The molecule has 0 aliphatic carbocycles. The fourth-order valence-corrected chi connectivity index (χ4v) is 3.76. The number of rotatable bonds is 14. The largest absolute Gasteiger partial charge is 0.765 e. The summed E-state index contributed by atoms with van der Waals surface area (Å²) in [6.45, 7) is 4.44. The Hall–Kier alpha value is -1.57. The molecule has 28 heavy (non-hydrogen) atoms. The van der Waals surface area contributed by atoms with Gasteiger partial charge < -0.3 is 13.9 Å². The van der Waals surface area contributed by atoms with E-state index in [2.05, 4.69) is 13.8 Å². The van der Waals surface area contributed by atoms with Crippen LogP contribution in [0.4, 0.5) is 0 Å². The van der Waals surface area contributed by atoms with Crippen LogP contribution in [0, 0.1) is 0 Å². The van der Waals surface area contributed by atoms with Crippen molar-refractivity contribution in [3.05, 3.63) is 59.7 Å². The molecule has 0 spiro atoms. The first-order valence-electron chi connectivity index (χ1n) is 10.7. The zero-order chi connectivity index (χ0) is 20.0. The Morgan fingerprint density at radius 3 is 1.36 bits per heavy atom. The molecule has 0 aliphatic rings. The molecule has 2 aromatic rings. The Kier molecular flexibility index (Phi) is 11.0. The molecule has 0 N–H and O–H groups in total. The van der Waals surface area contributed by atoms with E-state index in [0.29, 0.717) is 11.5 Å². The summed E-state index contributed by atoms with van der Waals surface area (Å²) in [7, 11) is -2.23. The van der Waals surface area contributed by atoms with Crippen LogP contribution in [-0.2, 0) is 12.8 Å². The van der Waals surface area contributed by atoms with Crippen LogP contribution in [-0.4, -0.2) is 0 Å². The highest BCUT2D eigenvalue weighted by Crippen LogP contribution is 2.33. The molecule has 3 nitrogen and oxygen atoms in total. The molecule has 0 bridgehead atoms. The standard InChI is InChI=1S/C24H34O3P/c1-3-5-7-9-11-21-13-17-23(18-14-21)26-28(25)27-24-19-15-22(16-20-24)12-10-8-6-4-2/h13-20H,3-12H2,1-2H3/q-1. The van der Waals surface area contributed by atoms with Crippen LogP contribution in [0.15, 0.2) is 48.5 Å². The van der Waals surface area contributed by atoms with Gasteiger partial charge in [0.05, 0.1) is 0 Å². The van der Waals surface area contributed by atoms with Gasteiger partial charge in [0, 0.05) is 0 Å². The molecule has 2 rings (SSSR count). The maximum Gasteiger partial charge on any atom is 0.210 e. The van der Waals surface area contributed by atoms with Gasteiger partial charge in [0.25, 0.3) is 0 Å². The van der Waals surface area contributed by atoms with E-state index >= 15 is 0 Å². The summed E-state index contributed by atoms with van der Waals surface area (Å²) in [5.41, 5.74) is 2.57. The minimum Gasteiger partial charge on any atom is -0.765 e. The number of hydrogen-bond acceptors (Lipinski definition) is 3. The van der Waals surface area contributed by atoms with Gasteiger partial charge in [-0.25, -0.2) is 0 Å². The Morgan fingerprint density at radius 2 is 1.00 bits per heavy atom. The SMILES string of the molecule is CCCCCCc1ccc(OP([O-])Oc2ccc(CCCCCC)cc2)cc1. The van der Waals surface area contributed by atoms with Gasteiger partial charge in [0.1, 0.15) is 11.5 Å². The van der Waals surface area contributed by atoms with Gasteiger partial charge in [0.15, 0.2) is 0 Å². The fourth-order valence-electron chi connectivity index (χ4n) is 3.14. The number of benzene rings is 2. The molecule has 4 heteroatoms. The second-order valence-electron chi connectivity index (χ2n) is 7.32. The highest BCUT2D eigenvalue weighted by molar-refractivity contribution is 7.39. The van der Waals surface area contributed by atoms with Crippen molar-refractivity contribution >= 4 is 8.60 Å². The van der Waals surface area contributed by atoms with Crippen molar-refractivity contribution in [2.24, 2.45) is 0 Å².